The molecule has 0 unspecified atom stereocenters. The van der Waals surface area contributed by atoms with Gasteiger partial charge in [0.25, 0.3) is 15.9 Å². The molecule has 0 bridgehead atoms. The minimum atomic E-state index is -3.83. The molecule has 2 aromatic rings. The van der Waals surface area contributed by atoms with Crippen LogP contribution < -0.4 is 4.31 Å². The highest BCUT2D eigenvalue weighted by Gasteiger charge is 2.27. The van der Waals surface area contributed by atoms with Crippen molar-refractivity contribution in [2.75, 3.05) is 44.1 Å². The average molecular weight is 446 g/mol. The molecular weight excluding hydrogens is 418 g/mol. The molecule has 2 aromatic carbocycles. The van der Waals surface area contributed by atoms with E-state index >= 15 is 0 Å². The molecule has 0 aromatic heterocycles. The maximum absolute atomic E-state index is 13.1. The minimum absolute atomic E-state index is 0.0486. The van der Waals surface area contributed by atoms with Gasteiger partial charge in [0.15, 0.2) is 0 Å². The first kappa shape index (κ1) is 22.6. The average Bonchev–Trinajstić information content (AvgIpc) is 2.78. The van der Waals surface area contributed by atoms with Gasteiger partial charge >= 0.3 is 6.09 Å². The van der Waals surface area contributed by atoms with Crippen LogP contribution in [0.15, 0.2) is 53.4 Å². The molecule has 1 heterocycles. The summed E-state index contributed by atoms with van der Waals surface area (Å²) >= 11 is 0. The van der Waals surface area contributed by atoms with Crippen molar-refractivity contribution in [1.29, 1.82) is 0 Å². The van der Waals surface area contributed by atoms with E-state index in [9.17, 15) is 18.0 Å². The van der Waals surface area contributed by atoms with Crippen LogP contribution in [0.1, 0.15) is 22.8 Å². The number of piperazine rings is 1. The number of hydrogen-bond acceptors (Lipinski definition) is 5. The molecule has 0 spiro atoms. The van der Waals surface area contributed by atoms with Gasteiger partial charge in [0, 0.05) is 38.8 Å². The Bertz CT molecular complexity index is 1060. The largest absolute Gasteiger partial charge is 0.450 e. The standard InChI is InChI=1S/C22H27N3O5S/c1-4-30-22(27)25-13-11-24(12-14-25)21(26)18-8-6-10-20(16-18)31(28,29)23(3)19-9-5-7-17(2)15-19/h5-10,15-16H,4,11-14H2,1-3H3. The summed E-state index contributed by atoms with van der Waals surface area (Å²) in [5.41, 5.74) is 1.79. The van der Waals surface area contributed by atoms with E-state index in [0.717, 1.165) is 5.56 Å². The predicted molar refractivity (Wildman–Crippen MR) is 118 cm³/mol. The molecule has 0 saturated carbocycles. The van der Waals surface area contributed by atoms with Gasteiger partial charge in [-0.05, 0) is 49.7 Å². The Kier molecular flexibility index (Phi) is 6.84. The van der Waals surface area contributed by atoms with Crippen LogP contribution in [-0.4, -0.2) is 70.1 Å². The van der Waals surface area contributed by atoms with Crippen molar-refractivity contribution in [3.8, 4) is 0 Å². The SMILES string of the molecule is CCOC(=O)N1CCN(C(=O)c2cccc(S(=O)(=O)N(C)c3cccc(C)c3)c2)CC1. The first-order valence-corrected chi connectivity index (χ1v) is 11.5. The Morgan fingerprint density at radius 2 is 1.65 bits per heavy atom. The summed E-state index contributed by atoms with van der Waals surface area (Å²) in [7, 11) is -2.34. The van der Waals surface area contributed by atoms with Gasteiger partial charge in [-0.3, -0.25) is 9.10 Å². The number of aryl methyl sites for hydroxylation is 1. The molecule has 3 rings (SSSR count). The number of nitrogens with zero attached hydrogens (tertiary/aromatic N) is 3. The summed E-state index contributed by atoms with van der Waals surface area (Å²) in [6.45, 7) is 5.41. The second kappa shape index (κ2) is 9.38. The summed E-state index contributed by atoms with van der Waals surface area (Å²) in [6.07, 6.45) is -0.387. The smallest absolute Gasteiger partial charge is 0.409 e. The van der Waals surface area contributed by atoms with E-state index in [1.165, 1.54) is 23.5 Å². The third kappa shape index (κ3) is 4.99. The lowest BCUT2D eigenvalue weighted by Crippen LogP contribution is -2.50. The first-order valence-electron chi connectivity index (χ1n) is 10.1. The molecule has 0 atom stereocenters. The Morgan fingerprint density at radius 1 is 1.00 bits per heavy atom. The highest BCUT2D eigenvalue weighted by atomic mass is 32.2. The highest BCUT2D eigenvalue weighted by Crippen LogP contribution is 2.24. The second-order valence-corrected chi connectivity index (χ2v) is 9.29. The fourth-order valence-corrected chi connectivity index (χ4v) is 4.63. The van der Waals surface area contributed by atoms with Crippen LogP contribution in [0.4, 0.5) is 10.5 Å². The van der Waals surface area contributed by atoms with Gasteiger partial charge in [0.1, 0.15) is 0 Å². The van der Waals surface area contributed by atoms with Gasteiger partial charge in [0.2, 0.25) is 0 Å². The predicted octanol–water partition coefficient (Wildman–Crippen LogP) is 2.73. The van der Waals surface area contributed by atoms with Gasteiger partial charge in [-0.25, -0.2) is 13.2 Å². The van der Waals surface area contributed by atoms with E-state index in [1.807, 2.05) is 13.0 Å². The molecule has 1 fully saturated rings. The van der Waals surface area contributed by atoms with E-state index in [1.54, 1.807) is 47.1 Å². The topological polar surface area (TPSA) is 87.2 Å². The molecule has 0 aliphatic carbocycles. The quantitative estimate of drug-likeness (QED) is 0.706. The number of carbonyl (C=O) groups is 2. The maximum atomic E-state index is 13.1. The Balaban J connectivity index is 1.75. The monoisotopic (exact) mass is 445 g/mol. The van der Waals surface area contributed by atoms with Crippen molar-refractivity contribution >= 4 is 27.7 Å². The zero-order chi connectivity index (χ0) is 22.6. The molecule has 8 nitrogen and oxygen atoms in total. The molecule has 31 heavy (non-hydrogen) atoms. The summed E-state index contributed by atoms with van der Waals surface area (Å²) in [5.74, 6) is -0.265. The molecule has 1 saturated heterocycles. The number of anilines is 1. The zero-order valence-electron chi connectivity index (χ0n) is 17.9. The normalized spacial score (nSPS) is 14.3. The number of ether oxygens (including phenoxy) is 1. The highest BCUT2D eigenvalue weighted by molar-refractivity contribution is 7.92. The van der Waals surface area contributed by atoms with Crippen LogP contribution in [-0.2, 0) is 14.8 Å². The van der Waals surface area contributed by atoms with E-state index in [0.29, 0.717) is 44.0 Å². The third-order valence-corrected chi connectivity index (χ3v) is 6.98. The molecule has 2 amide bonds. The molecule has 9 heteroatoms. The molecule has 0 radical (unpaired) electrons. The van der Waals surface area contributed by atoms with Gasteiger partial charge in [-0.2, -0.15) is 0 Å². The van der Waals surface area contributed by atoms with Crippen LogP contribution in [0.3, 0.4) is 0 Å². The van der Waals surface area contributed by atoms with Gasteiger partial charge in [-0.15, -0.1) is 0 Å². The Labute approximate surface area is 183 Å². The summed E-state index contributed by atoms with van der Waals surface area (Å²) in [4.78, 5) is 28.0. The summed E-state index contributed by atoms with van der Waals surface area (Å²) in [5, 5.41) is 0. The number of carbonyl (C=O) groups excluding carboxylic acids is 2. The summed E-state index contributed by atoms with van der Waals surface area (Å²) in [6, 6.07) is 13.3. The lowest BCUT2D eigenvalue weighted by molar-refractivity contribution is 0.0570. The molecule has 0 N–H and O–H groups in total. The number of rotatable bonds is 5. The number of sulfonamides is 1. The van der Waals surface area contributed by atoms with Gasteiger partial charge < -0.3 is 14.5 Å². The van der Waals surface area contributed by atoms with Crippen LogP contribution in [0.2, 0.25) is 0 Å². The van der Waals surface area contributed by atoms with Crippen LogP contribution >= 0.6 is 0 Å². The van der Waals surface area contributed by atoms with Crippen molar-refractivity contribution in [3.63, 3.8) is 0 Å². The van der Waals surface area contributed by atoms with E-state index in [-0.39, 0.29) is 16.9 Å². The first-order chi connectivity index (χ1) is 14.7. The van der Waals surface area contributed by atoms with Crippen molar-refractivity contribution in [2.24, 2.45) is 0 Å². The second-order valence-electron chi connectivity index (χ2n) is 7.32. The van der Waals surface area contributed by atoms with Crippen LogP contribution in [0, 0.1) is 6.92 Å². The molecular formula is C22H27N3O5S. The van der Waals surface area contributed by atoms with Crippen molar-refractivity contribution in [2.45, 2.75) is 18.7 Å². The Morgan fingerprint density at radius 3 is 2.29 bits per heavy atom. The summed E-state index contributed by atoms with van der Waals surface area (Å²) < 4.78 is 32.4. The van der Waals surface area contributed by atoms with Crippen molar-refractivity contribution in [1.82, 2.24) is 9.80 Å². The van der Waals surface area contributed by atoms with Crippen LogP contribution in [0.5, 0.6) is 0 Å². The number of benzene rings is 2. The molecule has 1 aliphatic heterocycles. The van der Waals surface area contributed by atoms with E-state index in [4.69, 9.17) is 4.74 Å². The van der Waals surface area contributed by atoms with E-state index < -0.39 is 10.0 Å². The Hall–Kier alpha value is -3.07. The zero-order valence-corrected chi connectivity index (χ0v) is 18.8. The fourth-order valence-electron chi connectivity index (χ4n) is 3.40. The fraction of sp³-hybridized carbons (Fsp3) is 0.364. The molecule has 166 valence electrons. The number of amides is 2. The lowest BCUT2D eigenvalue weighted by Gasteiger charge is -2.34. The van der Waals surface area contributed by atoms with Gasteiger partial charge in [0.05, 0.1) is 17.2 Å². The minimum Gasteiger partial charge on any atom is -0.450 e. The third-order valence-electron chi connectivity index (χ3n) is 5.20. The lowest BCUT2D eigenvalue weighted by atomic mass is 10.2. The van der Waals surface area contributed by atoms with Crippen LogP contribution in [0.25, 0.3) is 0 Å². The number of hydrogen-bond donors (Lipinski definition) is 0. The van der Waals surface area contributed by atoms with Crippen molar-refractivity contribution < 1.29 is 22.7 Å². The van der Waals surface area contributed by atoms with Crippen molar-refractivity contribution in [3.05, 3.63) is 59.7 Å². The maximum Gasteiger partial charge on any atom is 0.409 e. The molecule has 1 aliphatic rings. The van der Waals surface area contributed by atoms with E-state index in [2.05, 4.69) is 0 Å². The van der Waals surface area contributed by atoms with Gasteiger partial charge in [-0.1, -0.05) is 18.2 Å².